The summed E-state index contributed by atoms with van der Waals surface area (Å²) in [6.07, 6.45) is 0. The van der Waals surface area contributed by atoms with Crippen LogP contribution in [-0.2, 0) is 4.79 Å². The maximum absolute atomic E-state index is 12.0. The number of hydrogen-bond acceptors (Lipinski definition) is 8. The Kier molecular flexibility index (Phi) is 4.57. The van der Waals surface area contributed by atoms with Crippen LogP contribution in [0, 0.1) is 0 Å². The number of carbonyl (C=O) groups excluding carboxylic acids is 2. The smallest absolute Gasteiger partial charge is 0.251 e. The van der Waals surface area contributed by atoms with Crippen molar-refractivity contribution in [3.63, 3.8) is 0 Å². The minimum atomic E-state index is -0.571. The molecule has 5 N–H and O–H groups in total. The zero-order valence-corrected chi connectivity index (χ0v) is 12.8. The van der Waals surface area contributed by atoms with E-state index in [0.717, 1.165) is 0 Å². The van der Waals surface area contributed by atoms with E-state index in [2.05, 4.69) is 15.5 Å². The molecule has 0 aliphatic heterocycles. The second-order valence-corrected chi connectivity index (χ2v) is 7.20. The van der Waals surface area contributed by atoms with E-state index in [1.54, 1.807) is 18.4 Å². The molecule has 2 amide bonds. The lowest BCUT2D eigenvalue weighted by Gasteiger charge is -2.09. The van der Waals surface area contributed by atoms with Crippen LogP contribution in [0.1, 0.15) is 17.3 Å². The van der Waals surface area contributed by atoms with Gasteiger partial charge in [0.05, 0.1) is 10.8 Å². The number of primary amides is 1. The molecule has 10 heteroatoms. The van der Waals surface area contributed by atoms with Crippen LogP contribution in [-0.4, -0.2) is 27.3 Å². The van der Waals surface area contributed by atoms with Crippen LogP contribution in [0.5, 0.6) is 0 Å². The van der Waals surface area contributed by atoms with Gasteiger partial charge < -0.3 is 16.8 Å². The quantitative estimate of drug-likeness (QED) is 0.712. The van der Waals surface area contributed by atoms with Gasteiger partial charge in [0, 0.05) is 0 Å². The van der Waals surface area contributed by atoms with E-state index in [4.69, 9.17) is 11.5 Å². The van der Waals surface area contributed by atoms with Crippen molar-refractivity contribution < 1.29 is 9.59 Å². The number of amides is 2. The maximum Gasteiger partial charge on any atom is 0.251 e. The molecule has 0 saturated carbocycles. The molecule has 0 unspecified atom stereocenters. The number of nitrogen functional groups attached to an aromatic ring is 1. The topological polar surface area (TPSA) is 124 Å². The average Bonchev–Trinajstić information content (AvgIpc) is 2.98. The lowest BCUT2D eigenvalue weighted by Crippen LogP contribution is -2.23. The highest BCUT2D eigenvalue weighted by atomic mass is 32.2. The molecule has 7 nitrogen and oxygen atoms in total. The van der Waals surface area contributed by atoms with Gasteiger partial charge in [-0.3, -0.25) is 9.59 Å². The third-order valence-electron chi connectivity index (χ3n) is 2.24. The standard InChI is InChI=1S/C10H11N5O2S3/c1-4(19-10-15-14-9(12)20-10)7(17)13-8-5(6(11)16)2-3-18-8/h2-4H,1H3,(H2,11,16)(H2,12,14)(H,13,17)/t4-/m1/s1. The van der Waals surface area contributed by atoms with Crippen LogP contribution in [0.3, 0.4) is 0 Å². The Balaban J connectivity index is 2.00. The molecule has 0 bridgehead atoms. The van der Waals surface area contributed by atoms with Crippen molar-refractivity contribution in [1.82, 2.24) is 10.2 Å². The van der Waals surface area contributed by atoms with Crippen LogP contribution >= 0.6 is 34.4 Å². The van der Waals surface area contributed by atoms with Crippen LogP contribution in [0.4, 0.5) is 10.1 Å². The summed E-state index contributed by atoms with van der Waals surface area (Å²) in [4.78, 5) is 23.2. The largest absolute Gasteiger partial charge is 0.374 e. The SMILES string of the molecule is C[C@@H](Sc1nnc(N)s1)C(=O)Nc1sccc1C(N)=O. The van der Waals surface area contributed by atoms with E-state index in [1.807, 2.05) is 0 Å². The Bertz CT molecular complexity index is 638. The summed E-state index contributed by atoms with van der Waals surface area (Å²) < 4.78 is 0.617. The summed E-state index contributed by atoms with van der Waals surface area (Å²) in [5, 5.41) is 12.3. The van der Waals surface area contributed by atoms with Gasteiger partial charge in [0.25, 0.3) is 5.91 Å². The van der Waals surface area contributed by atoms with Crippen molar-refractivity contribution in [2.24, 2.45) is 5.73 Å². The molecular weight excluding hydrogens is 318 g/mol. The third-order valence-corrected chi connectivity index (χ3v) is 5.00. The van der Waals surface area contributed by atoms with E-state index in [0.29, 0.717) is 20.0 Å². The van der Waals surface area contributed by atoms with Crippen molar-refractivity contribution in [2.45, 2.75) is 16.5 Å². The number of aromatic nitrogens is 2. The van der Waals surface area contributed by atoms with Crippen molar-refractivity contribution in [1.29, 1.82) is 0 Å². The number of carbonyl (C=O) groups is 2. The molecule has 0 aromatic carbocycles. The molecule has 0 fully saturated rings. The number of nitrogens with one attached hydrogen (secondary N) is 1. The number of nitrogens with zero attached hydrogens (tertiary/aromatic N) is 2. The van der Waals surface area contributed by atoms with Crippen molar-refractivity contribution in [3.8, 4) is 0 Å². The predicted molar refractivity (Wildman–Crippen MR) is 81.1 cm³/mol. The number of hydrogen-bond donors (Lipinski definition) is 3. The first-order chi connectivity index (χ1) is 9.47. The van der Waals surface area contributed by atoms with Crippen molar-refractivity contribution in [2.75, 3.05) is 11.1 Å². The Morgan fingerprint density at radius 2 is 2.20 bits per heavy atom. The number of rotatable bonds is 5. The zero-order chi connectivity index (χ0) is 14.7. The summed E-state index contributed by atoms with van der Waals surface area (Å²) in [6, 6.07) is 1.58. The molecule has 0 radical (unpaired) electrons. The highest BCUT2D eigenvalue weighted by Crippen LogP contribution is 2.29. The van der Waals surface area contributed by atoms with Gasteiger partial charge in [0.1, 0.15) is 5.00 Å². The van der Waals surface area contributed by atoms with E-state index in [9.17, 15) is 9.59 Å². The molecule has 106 valence electrons. The van der Waals surface area contributed by atoms with Gasteiger partial charge in [-0.25, -0.2) is 0 Å². The fraction of sp³-hybridized carbons (Fsp3) is 0.200. The fourth-order valence-corrected chi connectivity index (χ4v) is 3.86. The molecule has 0 spiro atoms. The first-order valence-electron chi connectivity index (χ1n) is 5.41. The lowest BCUT2D eigenvalue weighted by molar-refractivity contribution is -0.115. The second-order valence-electron chi connectivity index (χ2n) is 3.68. The molecule has 2 heterocycles. The third kappa shape index (κ3) is 3.46. The van der Waals surface area contributed by atoms with E-state index >= 15 is 0 Å². The highest BCUT2D eigenvalue weighted by molar-refractivity contribution is 8.02. The predicted octanol–water partition coefficient (Wildman–Crippen LogP) is 1.40. The first kappa shape index (κ1) is 14.8. The second kappa shape index (κ2) is 6.20. The molecule has 0 aliphatic carbocycles. The first-order valence-corrected chi connectivity index (χ1v) is 7.98. The number of thioether (sulfide) groups is 1. The molecular formula is C10H11N5O2S3. The van der Waals surface area contributed by atoms with Gasteiger partial charge in [-0.15, -0.1) is 21.5 Å². The van der Waals surface area contributed by atoms with Gasteiger partial charge in [-0.05, 0) is 18.4 Å². The summed E-state index contributed by atoms with van der Waals surface area (Å²) in [7, 11) is 0. The van der Waals surface area contributed by atoms with Crippen molar-refractivity contribution >= 4 is 56.4 Å². The summed E-state index contributed by atoms with van der Waals surface area (Å²) >= 11 is 3.71. The van der Waals surface area contributed by atoms with Crippen LogP contribution in [0.2, 0.25) is 0 Å². The maximum atomic E-state index is 12.0. The Labute approximate surface area is 126 Å². The number of anilines is 2. The van der Waals surface area contributed by atoms with Gasteiger partial charge in [-0.2, -0.15) is 0 Å². The summed E-state index contributed by atoms with van der Waals surface area (Å²) in [5.74, 6) is -0.813. The van der Waals surface area contributed by atoms with Gasteiger partial charge in [-0.1, -0.05) is 23.1 Å². The Morgan fingerprint density at radius 3 is 2.80 bits per heavy atom. The van der Waals surface area contributed by atoms with Crippen LogP contribution in [0.15, 0.2) is 15.8 Å². The normalized spacial score (nSPS) is 12.1. The molecule has 0 saturated heterocycles. The average molecular weight is 329 g/mol. The number of nitrogens with two attached hydrogens (primary N) is 2. The van der Waals surface area contributed by atoms with Gasteiger partial charge in [0.15, 0.2) is 4.34 Å². The zero-order valence-electron chi connectivity index (χ0n) is 10.3. The molecule has 2 aromatic rings. The van der Waals surface area contributed by atoms with Gasteiger partial charge in [0.2, 0.25) is 11.0 Å². The van der Waals surface area contributed by atoms with Gasteiger partial charge >= 0.3 is 0 Å². The molecule has 20 heavy (non-hydrogen) atoms. The molecule has 1 atom stereocenters. The van der Waals surface area contributed by atoms with E-state index in [1.165, 1.54) is 34.4 Å². The van der Waals surface area contributed by atoms with Crippen LogP contribution < -0.4 is 16.8 Å². The lowest BCUT2D eigenvalue weighted by atomic mass is 10.3. The molecule has 2 rings (SSSR count). The number of thiophene rings is 1. The molecule has 0 aliphatic rings. The molecule has 2 aromatic heterocycles. The van der Waals surface area contributed by atoms with E-state index in [-0.39, 0.29) is 5.91 Å². The van der Waals surface area contributed by atoms with Crippen molar-refractivity contribution in [3.05, 3.63) is 17.0 Å². The monoisotopic (exact) mass is 329 g/mol. The minimum Gasteiger partial charge on any atom is -0.374 e. The summed E-state index contributed by atoms with van der Waals surface area (Å²) in [5.41, 5.74) is 11.0. The van der Waals surface area contributed by atoms with Crippen LogP contribution in [0.25, 0.3) is 0 Å². The highest BCUT2D eigenvalue weighted by Gasteiger charge is 2.19. The Hall–Kier alpha value is -1.65. The Morgan fingerprint density at radius 1 is 1.45 bits per heavy atom. The fourth-order valence-electron chi connectivity index (χ4n) is 1.29. The minimum absolute atomic E-state index is 0.242. The van der Waals surface area contributed by atoms with E-state index < -0.39 is 11.2 Å². The summed E-state index contributed by atoms with van der Waals surface area (Å²) in [6.45, 7) is 1.73.